The highest BCUT2D eigenvalue weighted by atomic mass is 32.1. The Hall–Kier alpha value is -1.47. The van der Waals surface area contributed by atoms with Crippen LogP contribution < -0.4 is 5.32 Å². The zero-order valence-electron chi connectivity index (χ0n) is 9.39. The number of anilines is 1. The minimum atomic E-state index is -0.361. The number of ether oxygens (including phenoxy) is 1. The number of nitrogens with one attached hydrogen (secondary N) is 1. The van der Waals surface area contributed by atoms with Crippen LogP contribution in [0, 0.1) is 6.92 Å². The van der Waals surface area contributed by atoms with E-state index in [1.54, 1.807) is 11.3 Å². The summed E-state index contributed by atoms with van der Waals surface area (Å²) in [6, 6.07) is 0. The van der Waals surface area contributed by atoms with Crippen molar-refractivity contribution in [3.8, 4) is 0 Å². The smallest absolute Gasteiger partial charge is 0.349 e. The highest BCUT2D eigenvalue weighted by molar-refractivity contribution is 7.17. The number of carbonyl (C=O) groups is 1. The molecule has 0 aliphatic carbocycles. The summed E-state index contributed by atoms with van der Waals surface area (Å²) in [7, 11) is 1.35. The molecule has 0 aliphatic rings. The summed E-state index contributed by atoms with van der Waals surface area (Å²) in [4.78, 5) is 21.2. The SMILES string of the molecule is COC(=O)c1cnc(NCc2ncc(C)s2)s1. The molecule has 0 unspecified atom stereocenters. The Labute approximate surface area is 106 Å². The van der Waals surface area contributed by atoms with Crippen molar-refractivity contribution in [3.05, 3.63) is 27.2 Å². The Morgan fingerprint density at radius 2 is 2.24 bits per heavy atom. The monoisotopic (exact) mass is 269 g/mol. The number of aromatic nitrogens is 2. The molecule has 0 atom stereocenters. The molecular formula is C10H11N3O2S2. The van der Waals surface area contributed by atoms with E-state index in [0.717, 1.165) is 5.01 Å². The molecule has 0 saturated heterocycles. The van der Waals surface area contributed by atoms with Gasteiger partial charge in [-0.3, -0.25) is 0 Å². The van der Waals surface area contributed by atoms with Gasteiger partial charge in [0.1, 0.15) is 9.88 Å². The Morgan fingerprint density at radius 1 is 1.41 bits per heavy atom. The molecule has 2 aromatic heterocycles. The fraction of sp³-hybridized carbons (Fsp3) is 0.300. The first-order chi connectivity index (χ1) is 8.19. The number of aryl methyl sites for hydroxylation is 1. The summed E-state index contributed by atoms with van der Waals surface area (Å²) in [6.07, 6.45) is 3.34. The summed E-state index contributed by atoms with van der Waals surface area (Å²) in [5.41, 5.74) is 0. The molecule has 0 spiro atoms. The van der Waals surface area contributed by atoms with Crippen molar-refractivity contribution < 1.29 is 9.53 Å². The number of nitrogens with zero attached hydrogens (tertiary/aromatic N) is 2. The molecule has 0 aliphatic heterocycles. The van der Waals surface area contributed by atoms with Crippen LogP contribution in [0.5, 0.6) is 0 Å². The van der Waals surface area contributed by atoms with Gasteiger partial charge in [0, 0.05) is 11.1 Å². The number of hydrogen-bond donors (Lipinski definition) is 1. The first kappa shape index (κ1) is 12.0. The standard InChI is InChI=1S/C10H11N3O2S2/c1-6-3-11-8(16-6)5-13-10-12-4-7(17-10)9(14)15-2/h3-4H,5H2,1-2H3,(H,12,13). The van der Waals surface area contributed by atoms with E-state index < -0.39 is 0 Å². The van der Waals surface area contributed by atoms with Crippen molar-refractivity contribution in [1.29, 1.82) is 0 Å². The van der Waals surface area contributed by atoms with Gasteiger partial charge >= 0.3 is 5.97 Å². The first-order valence-electron chi connectivity index (χ1n) is 4.88. The maximum atomic E-state index is 11.2. The number of thiazole rings is 2. The van der Waals surface area contributed by atoms with Gasteiger partial charge in [-0.25, -0.2) is 14.8 Å². The van der Waals surface area contributed by atoms with Crippen LogP contribution >= 0.6 is 22.7 Å². The molecule has 0 amide bonds. The molecule has 0 saturated carbocycles. The van der Waals surface area contributed by atoms with E-state index in [0.29, 0.717) is 16.6 Å². The van der Waals surface area contributed by atoms with Gasteiger partial charge in [-0.1, -0.05) is 11.3 Å². The van der Waals surface area contributed by atoms with E-state index in [1.165, 1.54) is 29.5 Å². The van der Waals surface area contributed by atoms with E-state index in [-0.39, 0.29) is 5.97 Å². The topological polar surface area (TPSA) is 64.1 Å². The second-order valence-electron chi connectivity index (χ2n) is 3.24. The van der Waals surface area contributed by atoms with Crippen LogP contribution in [-0.4, -0.2) is 23.0 Å². The normalized spacial score (nSPS) is 10.2. The minimum absolute atomic E-state index is 0.361. The molecule has 7 heteroatoms. The quantitative estimate of drug-likeness (QED) is 0.863. The lowest BCUT2D eigenvalue weighted by Crippen LogP contribution is -1.98. The van der Waals surface area contributed by atoms with Gasteiger partial charge < -0.3 is 10.1 Å². The van der Waals surface area contributed by atoms with Crippen molar-refractivity contribution in [2.75, 3.05) is 12.4 Å². The fourth-order valence-corrected chi connectivity index (χ4v) is 2.64. The number of hydrogen-bond acceptors (Lipinski definition) is 7. The highest BCUT2D eigenvalue weighted by Gasteiger charge is 2.10. The lowest BCUT2D eigenvalue weighted by atomic mass is 10.6. The van der Waals surface area contributed by atoms with Crippen LogP contribution in [0.4, 0.5) is 5.13 Å². The summed E-state index contributed by atoms with van der Waals surface area (Å²) in [5.74, 6) is -0.361. The molecule has 5 nitrogen and oxygen atoms in total. The number of esters is 1. The van der Waals surface area contributed by atoms with Gasteiger partial charge in [0.05, 0.1) is 19.9 Å². The Kier molecular flexibility index (Phi) is 3.70. The molecule has 2 aromatic rings. The summed E-state index contributed by atoms with van der Waals surface area (Å²) in [6.45, 7) is 2.63. The first-order valence-corrected chi connectivity index (χ1v) is 6.51. The predicted octanol–water partition coefficient (Wildman–Crippen LogP) is 2.31. The van der Waals surface area contributed by atoms with E-state index in [4.69, 9.17) is 0 Å². The van der Waals surface area contributed by atoms with Gasteiger partial charge in [-0.2, -0.15) is 0 Å². The molecule has 0 aromatic carbocycles. The second-order valence-corrected chi connectivity index (χ2v) is 5.59. The molecule has 0 radical (unpaired) electrons. The largest absolute Gasteiger partial charge is 0.465 e. The maximum Gasteiger partial charge on any atom is 0.349 e. The molecule has 0 bridgehead atoms. The zero-order chi connectivity index (χ0) is 12.3. The predicted molar refractivity (Wildman–Crippen MR) is 67.6 cm³/mol. The third kappa shape index (κ3) is 3.01. The number of carbonyl (C=O) groups excluding carboxylic acids is 1. The van der Waals surface area contributed by atoms with Gasteiger partial charge in [0.2, 0.25) is 0 Å². The van der Waals surface area contributed by atoms with Crippen LogP contribution in [-0.2, 0) is 11.3 Å². The van der Waals surface area contributed by atoms with Gasteiger partial charge in [-0.05, 0) is 6.92 Å². The lowest BCUT2D eigenvalue weighted by Gasteiger charge is -1.97. The van der Waals surface area contributed by atoms with Crippen LogP contribution in [0.2, 0.25) is 0 Å². The van der Waals surface area contributed by atoms with Gasteiger partial charge in [-0.15, -0.1) is 11.3 Å². The van der Waals surface area contributed by atoms with E-state index >= 15 is 0 Å². The van der Waals surface area contributed by atoms with E-state index in [2.05, 4.69) is 20.0 Å². The molecular weight excluding hydrogens is 258 g/mol. The molecule has 0 fully saturated rings. The summed E-state index contributed by atoms with van der Waals surface area (Å²) in [5, 5.41) is 4.81. The van der Waals surface area contributed by atoms with E-state index in [1.807, 2.05) is 13.1 Å². The fourth-order valence-electron chi connectivity index (χ4n) is 1.19. The zero-order valence-corrected chi connectivity index (χ0v) is 11.0. The van der Waals surface area contributed by atoms with Crippen LogP contribution in [0.25, 0.3) is 0 Å². The lowest BCUT2D eigenvalue weighted by molar-refractivity contribution is 0.0606. The van der Waals surface area contributed by atoms with Gasteiger partial charge in [0.25, 0.3) is 0 Å². The van der Waals surface area contributed by atoms with Crippen molar-refractivity contribution in [2.24, 2.45) is 0 Å². The van der Waals surface area contributed by atoms with Crippen LogP contribution in [0.1, 0.15) is 19.6 Å². The molecule has 2 rings (SSSR count). The molecule has 1 N–H and O–H groups in total. The average molecular weight is 269 g/mol. The maximum absolute atomic E-state index is 11.2. The summed E-state index contributed by atoms with van der Waals surface area (Å²) < 4.78 is 4.61. The third-order valence-electron chi connectivity index (χ3n) is 1.95. The van der Waals surface area contributed by atoms with Crippen molar-refractivity contribution in [2.45, 2.75) is 13.5 Å². The third-order valence-corrected chi connectivity index (χ3v) is 3.80. The Morgan fingerprint density at radius 3 is 2.88 bits per heavy atom. The summed E-state index contributed by atoms with van der Waals surface area (Å²) >= 11 is 2.91. The minimum Gasteiger partial charge on any atom is -0.465 e. The number of methoxy groups -OCH3 is 1. The highest BCUT2D eigenvalue weighted by Crippen LogP contribution is 2.20. The number of rotatable bonds is 4. The van der Waals surface area contributed by atoms with Crippen molar-refractivity contribution in [1.82, 2.24) is 9.97 Å². The Balaban J connectivity index is 1.95. The van der Waals surface area contributed by atoms with E-state index in [9.17, 15) is 4.79 Å². The molecule has 17 heavy (non-hydrogen) atoms. The van der Waals surface area contributed by atoms with Crippen LogP contribution in [0.15, 0.2) is 12.4 Å². The average Bonchev–Trinajstić information content (AvgIpc) is 2.94. The molecule has 90 valence electrons. The second kappa shape index (κ2) is 5.24. The molecule has 2 heterocycles. The van der Waals surface area contributed by atoms with Crippen molar-refractivity contribution >= 4 is 33.8 Å². The Bertz CT molecular complexity index is 521. The van der Waals surface area contributed by atoms with Crippen molar-refractivity contribution in [3.63, 3.8) is 0 Å². The van der Waals surface area contributed by atoms with Crippen LogP contribution in [0.3, 0.4) is 0 Å². The van der Waals surface area contributed by atoms with Gasteiger partial charge in [0.15, 0.2) is 5.13 Å².